The Morgan fingerprint density at radius 1 is 1.21 bits per heavy atom. The van der Waals surface area contributed by atoms with Crippen molar-refractivity contribution in [2.45, 2.75) is 26.3 Å². The van der Waals surface area contributed by atoms with E-state index >= 15 is 0 Å². The van der Waals surface area contributed by atoms with Crippen LogP contribution in [0.25, 0.3) is 11.3 Å². The zero-order chi connectivity index (χ0) is 14.0. The van der Waals surface area contributed by atoms with Gasteiger partial charge in [-0.25, -0.2) is 0 Å². The van der Waals surface area contributed by atoms with E-state index in [0.717, 1.165) is 29.1 Å². The Morgan fingerprint density at radius 3 is 2.63 bits per heavy atom. The third-order valence-corrected chi connectivity index (χ3v) is 3.90. The molecule has 0 saturated heterocycles. The molecule has 0 aliphatic carbocycles. The summed E-state index contributed by atoms with van der Waals surface area (Å²) in [7, 11) is 1.94. The molecule has 1 heterocycles. The second-order valence-corrected chi connectivity index (χ2v) is 5.56. The van der Waals surface area contributed by atoms with Crippen molar-refractivity contribution in [2.24, 2.45) is 0 Å². The first-order valence-corrected chi connectivity index (χ1v) is 6.99. The number of rotatable bonds is 4. The second kappa shape index (κ2) is 6.00. The van der Waals surface area contributed by atoms with Crippen molar-refractivity contribution >= 4 is 23.2 Å². The molecule has 0 aliphatic heterocycles. The van der Waals surface area contributed by atoms with Crippen LogP contribution in [0.15, 0.2) is 28.7 Å². The number of hydrogen-bond donors (Lipinski definition) is 1. The first kappa shape index (κ1) is 14.4. The quantitative estimate of drug-likeness (QED) is 0.884. The molecule has 102 valence electrons. The van der Waals surface area contributed by atoms with Crippen LogP contribution in [0.1, 0.15) is 18.2 Å². The van der Waals surface area contributed by atoms with E-state index in [-0.39, 0.29) is 0 Å². The first-order chi connectivity index (χ1) is 9.01. The predicted octanol–water partition coefficient (Wildman–Crippen LogP) is 4.71. The van der Waals surface area contributed by atoms with Gasteiger partial charge in [0.2, 0.25) is 0 Å². The Kier molecular flexibility index (Phi) is 4.56. The molecule has 0 amide bonds. The first-order valence-electron chi connectivity index (χ1n) is 6.23. The van der Waals surface area contributed by atoms with Gasteiger partial charge in [-0.2, -0.15) is 0 Å². The minimum atomic E-state index is 0.371. The molecular weight excluding hydrogens is 281 g/mol. The molecule has 0 spiro atoms. The molecule has 1 aromatic carbocycles. The number of hydrogen-bond acceptors (Lipinski definition) is 2. The molecule has 1 unspecified atom stereocenters. The summed E-state index contributed by atoms with van der Waals surface area (Å²) >= 11 is 12.4. The van der Waals surface area contributed by atoms with Crippen LogP contribution in [0.5, 0.6) is 0 Å². The van der Waals surface area contributed by atoms with Gasteiger partial charge in [0.25, 0.3) is 0 Å². The van der Waals surface area contributed by atoms with Crippen LogP contribution < -0.4 is 5.32 Å². The van der Waals surface area contributed by atoms with Crippen LogP contribution in [-0.4, -0.2) is 13.1 Å². The topological polar surface area (TPSA) is 25.2 Å². The van der Waals surface area contributed by atoms with Gasteiger partial charge in [0.05, 0.1) is 5.02 Å². The number of benzene rings is 1. The third kappa shape index (κ3) is 3.33. The molecule has 2 rings (SSSR count). The van der Waals surface area contributed by atoms with Gasteiger partial charge in [-0.1, -0.05) is 23.2 Å². The summed E-state index contributed by atoms with van der Waals surface area (Å²) in [4.78, 5) is 0. The van der Waals surface area contributed by atoms with Gasteiger partial charge in [0, 0.05) is 23.0 Å². The fourth-order valence-electron chi connectivity index (χ4n) is 1.87. The van der Waals surface area contributed by atoms with E-state index in [4.69, 9.17) is 27.6 Å². The number of aryl methyl sites for hydroxylation is 1. The SMILES string of the molecule is CNC(C)Cc1ccc(-c2cc(Cl)c(C)cc2Cl)o1. The van der Waals surface area contributed by atoms with Crippen molar-refractivity contribution in [2.75, 3.05) is 7.05 Å². The number of furan rings is 1. The van der Waals surface area contributed by atoms with Gasteiger partial charge >= 0.3 is 0 Å². The monoisotopic (exact) mass is 297 g/mol. The van der Waals surface area contributed by atoms with E-state index in [1.54, 1.807) is 0 Å². The average Bonchev–Trinajstić information content (AvgIpc) is 2.82. The van der Waals surface area contributed by atoms with Gasteiger partial charge in [-0.15, -0.1) is 0 Å². The van der Waals surface area contributed by atoms with Crippen molar-refractivity contribution in [3.05, 3.63) is 45.6 Å². The second-order valence-electron chi connectivity index (χ2n) is 4.74. The summed E-state index contributed by atoms with van der Waals surface area (Å²) in [6.45, 7) is 4.04. The van der Waals surface area contributed by atoms with Crippen molar-refractivity contribution in [1.82, 2.24) is 5.32 Å². The smallest absolute Gasteiger partial charge is 0.135 e. The lowest BCUT2D eigenvalue weighted by atomic mass is 10.1. The van der Waals surface area contributed by atoms with Crippen molar-refractivity contribution in [3.8, 4) is 11.3 Å². The minimum Gasteiger partial charge on any atom is -0.461 e. The molecule has 0 bridgehead atoms. The zero-order valence-electron chi connectivity index (χ0n) is 11.3. The van der Waals surface area contributed by atoms with Crippen LogP contribution in [0.3, 0.4) is 0 Å². The Morgan fingerprint density at radius 2 is 1.95 bits per heavy atom. The average molecular weight is 298 g/mol. The molecule has 19 heavy (non-hydrogen) atoms. The number of likely N-dealkylation sites (N-methyl/N-ethyl adjacent to an activating group) is 1. The molecule has 4 heteroatoms. The van der Waals surface area contributed by atoms with Crippen molar-refractivity contribution < 1.29 is 4.42 Å². The van der Waals surface area contributed by atoms with E-state index in [1.807, 2.05) is 38.2 Å². The lowest BCUT2D eigenvalue weighted by Crippen LogP contribution is -2.23. The van der Waals surface area contributed by atoms with Crippen molar-refractivity contribution in [1.29, 1.82) is 0 Å². The Balaban J connectivity index is 2.30. The summed E-state index contributed by atoms with van der Waals surface area (Å²) in [6.07, 6.45) is 0.841. The van der Waals surface area contributed by atoms with E-state index in [1.165, 1.54) is 0 Å². The van der Waals surface area contributed by atoms with Crippen LogP contribution in [-0.2, 0) is 6.42 Å². The maximum absolute atomic E-state index is 6.25. The highest BCUT2D eigenvalue weighted by Gasteiger charge is 2.12. The van der Waals surface area contributed by atoms with Crippen molar-refractivity contribution in [3.63, 3.8) is 0 Å². The van der Waals surface area contributed by atoms with Gasteiger partial charge in [0.15, 0.2) is 0 Å². The summed E-state index contributed by atoms with van der Waals surface area (Å²) in [6, 6.07) is 8.00. The van der Waals surface area contributed by atoms with Gasteiger partial charge in [-0.3, -0.25) is 0 Å². The lowest BCUT2D eigenvalue weighted by Gasteiger charge is -2.07. The highest BCUT2D eigenvalue weighted by atomic mass is 35.5. The predicted molar refractivity (Wildman–Crippen MR) is 81.1 cm³/mol. The Hall–Kier alpha value is -0.960. The Labute approximate surface area is 123 Å². The molecule has 0 radical (unpaired) electrons. The van der Waals surface area contributed by atoms with E-state index < -0.39 is 0 Å². The van der Waals surface area contributed by atoms with Crippen LogP contribution in [0.2, 0.25) is 10.0 Å². The summed E-state index contributed by atoms with van der Waals surface area (Å²) in [5.74, 6) is 1.69. The summed E-state index contributed by atoms with van der Waals surface area (Å²) < 4.78 is 5.83. The molecular formula is C15H17Cl2NO. The molecule has 0 saturated carbocycles. The number of halogens is 2. The van der Waals surface area contributed by atoms with Gasteiger partial charge in [0.1, 0.15) is 11.5 Å². The van der Waals surface area contributed by atoms with E-state index in [9.17, 15) is 0 Å². The molecule has 1 aromatic heterocycles. The zero-order valence-corrected chi connectivity index (χ0v) is 12.8. The fraction of sp³-hybridized carbons (Fsp3) is 0.333. The Bertz CT molecular complexity index is 578. The normalized spacial score (nSPS) is 12.7. The molecule has 2 aromatic rings. The highest BCUT2D eigenvalue weighted by Crippen LogP contribution is 2.33. The fourth-order valence-corrected chi connectivity index (χ4v) is 2.35. The largest absolute Gasteiger partial charge is 0.461 e. The van der Waals surface area contributed by atoms with Gasteiger partial charge < -0.3 is 9.73 Å². The standard InChI is InChI=1S/C15H17Cl2NO/c1-9-6-14(17)12(8-13(9)16)15-5-4-11(19-15)7-10(2)18-3/h4-6,8,10,18H,7H2,1-3H3. The minimum absolute atomic E-state index is 0.371. The maximum Gasteiger partial charge on any atom is 0.135 e. The third-order valence-electron chi connectivity index (χ3n) is 3.18. The molecule has 0 aliphatic rings. The van der Waals surface area contributed by atoms with Crippen LogP contribution in [0.4, 0.5) is 0 Å². The molecule has 1 N–H and O–H groups in total. The highest BCUT2D eigenvalue weighted by molar-refractivity contribution is 6.35. The molecule has 0 fully saturated rings. The maximum atomic E-state index is 6.25. The van der Waals surface area contributed by atoms with Crippen LogP contribution in [0, 0.1) is 6.92 Å². The molecule has 2 nitrogen and oxygen atoms in total. The van der Waals surface area contributed by atoms with E-state index in [2.05, 4.69) is 12.2 Å². The van der Waals surface area contributed by atoms with Crippen LogP contribution >= 0.6 is 23.2 Å². The molecule has 1 atom stereocenters. The van der Waals surface area contributed by atoms with E-state index in [0.29, 0.717) is 16.1 Å². The summed E-state index contributed by atoms with van der Waals surface area (Å²) in [5.41, 5.74) is 1.80. The summed E-state index contributed by atoms with van der Waals surface area (Å²) in [5, 5.41) is 4.54. The number of nitrogens with one attached hydrogen (secondary N) is 1. The lowest BCUT2D eigenvalue weighted by molar-refractivity contribution is 0.481. The van der Waals surface area contributed by atoms with Gasteiger partial charge in [-0.05, 0) is 50.7 Å².